The normalized spacial score (nSPS) is 10.5. The standard InChI is InChI=1S/C19H24N2O2/c1-3-5-7-15-13-20-19(21-14-15)16-9-11-17(12-10-16)23-18(22)8-6-4-2/h9-14H,3-8H2,1-2H3. The van der Waals surface area contributed by atoms with Gasteiger partial charge in [-0.2, -0.15) is 0 Å². The molecule has 2 aromatic rings. The number of rotatable bonds is 8. The average Bonchev–Trinajstić information content (AvgIpc) is 2.59. The Labute approximate surface area is 137 Å². The zero-order valence-electron chi connectivity index (χ0n) is 13.9. The first-order valence-electron chi connectivity index (χ1n) is 8.35. The molecule has 0 aliphatic carbocycles. The summed E-state index contributed by atoms with van der Waals surface area (Å²) in [5.41, 5.74) is 2.08. The Morgan fingerprint density at radius 2 is 1.65 bits per heavy atom. The molecule has 1 aromatic carbocycles. The first-order valence-corrected chi connectivity index (χ1v) is 8.35. The molecule has 0 fully saturated rings. The molecule has 0 amide bonds. The van der Waals surface area contributed by atoms with Crippen molar-refractivity contribution >= 4 is 5.97 Å². The van der Waals surface area contributed by atoms with Crippen molar-refractivity contribution in [3.05, 3.63) is 42.2 Å². The Hall–Kier alpha value is -2.23. The Bertz CT molecular complexity index is 606. The molecule has 0 aliphatic heterocycles. The van der Waals surface area contributed by atoms with Crippen LogP contribution in [0, 0.1) is 0 Å². The molecule has 23 heavy (non-hydrogen) atoms. The Kier molecular flexibility index (Phi) is 6.73. The maximum absolute atomic E-state index is 11.6. The number of ether oxygens (including phenoxy) is 1. The molecule has 1 aromatic heterocycles. The van der Waals surface area contributed by atoms with Gasteiger partial charge in [0.25, 0.3) is 0 Å². The van der Waals surface area contributed by atoms with Gasteiger partial charge < -0.3 is 4.74 Å². The third-order valence-corrected chi connectivity index (χ3v) is 3.60. The van der Waals surface area contributed by atoms with Crippen LogP contribution >= 0.6 is 0 Å². The molecule has 0 aliphatic rings. The predicted octanol–water partition coefficient (Wildman–Crippen LogP) is 4.58. The lowest BCUT2D eigenvalue weighted by atomic mass is 10.1. The van der Waals surface area contributed by atoms with Crippen molar-refractivity contribution in [3.63, 3.8) is 0 Å². The number of esters is 1. The average molecular weight is 312 g/mol. The topological polar surface area (TPSA) is 52.1 Å². The van der Waals surface area contributed by atoms with Crippen LogP contribution in [0.1, 0.15) is 51.5 Å². The minimum atomic E-state index is -0.184. The number of carbonyl (C=O) groups is 1. The number of carbonyl (C=O) groups excluding carboxylic acids is 1. The van der Waals surface area contributed by atoms with Crippen LogP contribution in [-0.4, -0.2) is 15.9 Å². The smallest absolute Gasteiger partial charge is 0.311 e. The van der Waals surface area contributed by atoms with Gasteiger partial charge in [0.15, 0.2) is 5.82 Å². The molecule has 4 heteroatoms. The summed E-state index contributed by atoms with van der Waals surface area (Å²) in [6, 6.07) is 7.33. The maximum Gasteiger partial charge on any atom is 0.311 e. The third kappa shape index (κ3) is 5.47. The van der Waals surface area contributed by atoms with Crippen molar-refractivity contribution in [2.75, 3.05) is 0 Å². The van der Waals surface area contributed by atoms with Gasteiger partial charge in [-0.1, -0.05) is 26.7 Å². The SMILES string of the molecule is CCCCC(=O)Oc1ccc(-c2ncc(CCCC)cn2)cc1. The first-order chi connectivity index (χ1) is 11.2. The maximum atomic E-state index is 11.6. The van der Waals surface area contributed by atoms with Gasteiger partial charge in [0.2, 0.25) is 0 Å². The molecule has 4 nitrogen and oxygen atoms in total. The van der Waals surface area contributed by atoms with E-state index in [9.17, 15) is 4.79 Å². The van der Waals surface area contributed by atoms with Gasteiger partial charge in [-0.15, -0.1) is 0 Å². The molecule has 122 valence electrons. The van der Waals surface area contributed by atoms with Crippen molar-refractivity contribution in [1.29, 1.82) is 0 Å². The van der Waals surface area contributed by atoms with Crippen LogP contribution in [0.2, 0.25) is 0 Å². The minimum absolute atomic E-state index is 0.184. The Morgan fingerprint density at radius 3 is 2.26 bits per heavy atom. The van der Waals surface area contributed by atoms with Gasteiger partial charge in [0, 0.05) is 24.4 Å². The van der Waals surface area contributed by atoms with Gasteiger partial charge >= 0.3 is 5.97 Å². The highest BCUT2D eigenvalue weighted by Crippen LogP contribution is 2.20. The van der Waals surface area contributed by atoms with Crippen LogP contribution in [-0.2, 0) is 11.2 Å². The lowest BCUT2D eigenvalue weighted by Gasteiger charge is -2.05. The molecular formula is C19H24N2O2. The van der Waals surface area contributed by atoms with E-state index in [-0.39, 0.29) is 5.97 Å². The molecule has 2 rings (SSSR count). The number of nitrogens with zero attached hydrogens (tertiary/aromatic N) is 2. The number of benzene rings is 1. The zero-order valence-corrected chi connectivity index (χ0v) is 13.9. The predicted molar refractivity (Wildman–Crippen MR) is 91.2 cm³/mol. The molecule has 0 bridgehead atoms. The van der Waals surface area contributed by atoms with E-state index in [0.29, 0.717) is 18.0 Å². The largest absolute Gasteiger partial charge is 0.427 e. The number of hydrogen-bond acceptors (Lipinski definition) is 4. The van der Waals surface area contributed by atoms with Crippen molar-refractivity contribution in [3.8, 4) is 17.1 Å². The summed E-state index contributed by atoms with van der Waals surface area (Å²) >= 11 is 0. The van der Waals surface area contributed by atoms with E-state index in [1.165, 1.54) is 6.42 Å². The molecule has 0 atom stereocenters. The molecule has 0 saturated heterocycles. The minimum Gasteiger partial charge on any atom is -0.427 e. The fourth-order valence-electron chi connectivity index (χ4n) is 2.19. The first kappa shape index (κ1) is 17.1. The van der Waals surface area contributed by atoms with Crippen molar-refractivity contribution in [2.24, 2.45) is 0 Å². The molecule has 0 spiro atoms. The van der Waals surface area contributed by atoms with E-state index >= 15 is 0 Å². The lowest BCUT2D eigenvalue weighted by molar-refractivity contribution is -0.134. The van der Waals surface area contributed by atoms with E-state index in [2.05, 4.69) is 23.8 Å². The summed E-state index contributed by atoms with van der Waals surface area (Å²) < 4.78 is 5.29. The fourth-order valence-corrected chi connectivity index (χ4v) is 2.19. The van der Waals surface area contributed by atoms with Gasteiger partial charge in [0.1, 0.15) is 5.75 Å². The van der Waals surface area contributed by atoms with E-state index in [1.54, 1.807) is 12.1 Å². The van der Waals surface area contributed by atoms with Gasteiger partial charge in [-0.3, -0.25) is 4.79 Å². The summed E-state index contributed by atoms with van der Waals surface area (Å²) in [7, 11) is 0. The summed E-state index contributed by atoms with van der Waals surface area (Å²) in [6.07, 6.45) is 9.41. The molecule has 0 saturated carbocycles. The van der Waals surface area contributed by atoms with Gasteiger partial charge in [0.05, 0.1) is 0 Å². The van der Waals surface area contributed by atoms with Crippen molar-refractivity contribution < 1.29 is 9.53 Å². The number of hydrogen-bond donors (Lipinski definition) is 0. The van der Waals surface area contributed by atoms with E-state index in [1.807, 2.05) is 24.5 Å². The highest BCUT2D eigenvalue weighted by Gasteiger charge is 2.06. The second-order valence-electron chi connectivity index (χ2n) is 5.62. The number of aromatic nitrogens is 2. The van der Waals surface area contributed by atoms with Crippen LogP contribution in [0.4, 0.5) is 0 Å². The second kappa shape index (κ2) is 9.03. The number of unbranched alkanes of at least 4 members (excludes halogenated alkanes) is 2. The van der Waals surface area contributed by atoms with E-state index in [0.717, 1.165) is 36.8 Å². The van der Waals surface area contributed by atoms with Crippen LogP contribution < -0.4 is 4.74 Å². The molecule has 0 N–H and O–H groups in total. The molecular weight excluding hydrogens is 288 g/mol. The number of aryl methyl sites for hydroxylation is 1. The second-order valence-corrected chi connectivity index (χ2v) is 5.62. The molecule has 0 unspecified atom stereocenters. The van der Waals surface area contributed by atoms with Gasteiger partial charge in [-0.25, -0.2) is 9.97 Å². The summed E-state index contributed by atoms with van der Waals surface area (Å²) in [4.78, 5) is 20.4. The third-order valence-electron chi connectivity index (χ3n) is 3.60. The molecule has 1 heterocycles. The van der Waals surface area contributed by atoms with Crippen LogP contribution in [0.5, 0.6) is 5.75 Å². The summed E-state index contributed by atoms with van der Waals surface area (Å²) in [5.74, 6) is 1.07. The fraction of sp³-hybridized carbons (Fsp3) is 0.421. The highest BCUT2D eigenvalue weighted by molar-refractivity contribution is 5.72. The Balaban J connectivity index is 1.97. The van der Waals surface area contributed by atoms with Crippen molar-refractivity contribution in [1.82, 2.24) is 9.97 Å². The van der Waals surface area contributed by atoms with Crippen molar-refractivity contribution in [2.45, 2.75) is 52.4 Å². The van der Waals surface area contributed by atoms with Crippen LogP contribution in [0.3, 0.4) is 0 Å². The lowest BCUT2D eigenvalue weighted by Crippen LogP contribution is -2.07. The summed E-state index contributed by atoms with van der Waals surface area (Å²) in [5, 5.41) is 0. The van der Waals surface area contributed by atoms with E-state index < -0.39 is 0 Å². The highest BCUT2D eigenvalue weighted by atomic mass is 16.5. The van der Waals surface area contributed by atoms with Crippen LogP contribution in [0.15, 0.2) is 36.7 Å². The summed E-state index contributed by atoms with van der Waals surface area (Å²) in [6.45, 7) is 4.22. The monoisotopic (exact) mass is 312 g/mol. The van der Waals surface area contributed by atoms with Crippen LogP contribution in [0.25, 0.3) is 11.4 Å². The quantitative estimate of drug-likeness (QED) is 0.529. The van der Waals surface area contributed by atoms with Gasteiger partial charge in [-0.05, 0) is 49.1 Å². The molecule has 0 radical (unpaired) electrons. The van der Waals surface area contributed by atoms with E-state index in [4.69, 9.17) is 4.74 Å². The zero-order chi connectivity index (χ0) is 16.5. The Morgan fingerprint density at radius 1 is 1.00 bits per heavy atom.